The second kappa shape index (κ2) is 19.1. The summed E-state index contributed by atoms with van der Waals surface area (Å²) in [6, 6.07) is 22.7. The Hall–Kier alpha value is -3.80. The maximum absolute atomic E-state index is 13.0. The molecule has 22 heteroatoms. The zero-order chi connectivity index (χ0) is 38.1. The van der Waals surface area contributed by atoms with E-state index in [2.05, 4.69) is 31.1 Å². The molecule has 0 heterocycles. The number of aromatic carboxylic acids is 1. The van der Waals surface area contributed by atoms with Crippen molar-refractivity contribution in [1.29, 1.82) is 0 Å². The number of benzene rings is 6. The van der Waals surface area contributed by atoms with Gasteiger partial charge in [0.25, 0.3) is 20.2 Å². The standard InChI is InChI=1S/C34H24N6O11S2.3Na/c41-31-25-12-10-23(14-19(25)16-27(52(46,47)48)29(31)39-37-21-4-2-1-3-5-21)35-34(45)36-24-11-13-26-20(15-24)17-28(53(49,50)51)30(32(26)42)40-38-22-8-6-18(7-9-22)33(43)44;;;/h1-17,41-42H,(H,43,44)(H2,35,36,45)(H,46,47,48)(H,49,50,51);;;. The minimum atomic E-state index is -4.97. The Labute approximate surface area is 384 Å². The summed E-state index contributed by atoms with van der Waals surface area (Å²) in [4.78, 5) is 22.5. The maximum Gasteiger partial charge on any atom is 0.335 e. The fourth-order valence-electron chi connectivity index (χ4n) is 5.12. The van der Waals surface area contributed by atoms with E-state index in [1.165, 1.54) is 60.7 Å². The van der Waals surface area contributed by atoms with Crippen LogP contribution >= 0.6 is 0 Å². The fraction of sp³-hybridized carbons (Fsp3) is 0. The van der Waals surface area contributed by atoms with Crippen LogP contribution in [0.3, 0.4) is 0 Å². The zero-order valence-corrected chi connectivity index (χ0v) is 37.2. The Morgan fingerprint density at radius 2 is 0.946 bits per heavy atom. The summed E-state index contributed by atoms with van der Waals surface area (Å²) in [5, 5.41) is 51.8. The van der Waals surface area contributed by atoms with Crippen LogP contribution in [0.2, 0.25) is 0 Å². The molecular formula is C34H24N6Na3O11S2. The Bertz CT molecular complexity index is 2760. The summed E-state index contributed by atoms with van der Waals surface area (Å²) in [7, 11) is -9.87. The summed E-state index contributed by atoms with van der Waals surface area (Å²) >= 11 is 0. The van der Waals surface area contributed by atoms with Gasteiger partial charge in [-0.3, -0.25) is 9.11 Å². The predicted octanol–water partition coefficient (Wildman–Crippen LogP) is 6.93. The first-order valence-corrected chi connectivity index (χ1v) is 17.8. The molecule has 0 unspecified atom stereocenters. The molecule has 0 saturated heterocycles. The summed E-state index contributed by atoms with van der Waals surface area (Å²) in [6.45, 7) is 0. The molecule has 271 valence electrons. The Kier molecular flexibility index (Phi) is 15.9. The average molecular weight is 826 g/mol. The van der Waals surface area contributed by atoms with Crippen molar-refractivity contribution in [3.8, 4) is 11.5 Å². The van der Waals surface area contributed by atoms with Gasteiger partial charge in [0.1, 0.15) is 21.2 Å². The molecule has 7 N–H and O–H groups in total. The number of fused-ring (bicyclic) bond motifs is 2. The molecule has 6 aromatic carbocycles. The molecule has 3 radical (unpaired) electrons. The molecule has 0 aromatic heterocycles. The second-order valence-electron chi connectivity index (χ2n) is 11.1. The summed E-state index contributed by atoms with van der Waals surface area (Å²) in [5.74, 6) is -2.43. The van der Waals surface area contributed by atoms with E-state index < -0.39 is 64.9 Å². The molecule has 6 aromatic rings. The molecule has 0 saturated carbocycles. The third-order valence-corrected chi connectivity index (χ3v) is 9.31. The van der Waals surface area contributed by atoms with Crippen molar-refractivity contribution in [2.45, 2.75) is 9.79 Å². The van der Waals surface area contributed by atoms with E-state index in [4.69, 9.17) is 5.11 Å². The zero-order valence-electron chi connectivity index (χ0n) is 29.6. The molecule has 0 atom stereocenters. The van der Waals surface area contributed by atoms with Crippen LogP contribution in [0.1, 0.15) is 10.4 Å². The van der Waals surface area contributed by atoms with Crippen LogP contribution in [0, 0.1) is 0 Å². The van der Waals surface area contributed by atoms with Gasteiger partial charge in [0.2, 0.25) is 0 Å². The number of amides is 2. The first-order valence-electron chi connectivity index (χ1n) is 14.9. The average Bonchev–Trinajstić information content (AvgIpc) is 3.10. The van der Waals surface area contributed by atoms with Crippen LogP contribution in [-0.4, -0.2) is 142 Å². The topological polar surface area (TPSA) is 277 Å². The molecule has 56 heavy (non-hydrogen) atoms. The molecule has 0 aliphatic heterocycles. The third kappa shape index (κ3) is 10.8. The van der Waals surface area contributed by atoms with Crippen molar-refractivity contribution in [2.24, 2.45) is 20.5 Å². The minimum Gasteiger partial charge on any atom is -0.505 e. The van der Waals surface area contributed by atoms with Gasteiger partial charge in [-0.1, -0.05) is 18.2 Å². The number of phenolic OH excluding ortho intramolecular Hbond substituents is 2. The normalized spacial score (nSPS) is 11.5. The first-order chi connectivity index (χ1) is 25.1. The van der Waals surface area contributed by atoms with Gasteiger partial charge in [-0.05, 0) is 95.7 Å². The molecule has 0 aliphatic rings. The summed E-state index contributed by atoms with van der Waals surface area (Å²) < 4.78 is 68.8. The molecule has 0 spiro atoms. The van der Waals surface area contributed by atoms with Gasteiger partial charge in [0.05, 0.1) is 16.9 Å². The fourth-order valence-corrected chi connectivity index (χ4v) is 6.44. The summed E-state index contributed by atoms with van der Waals surface area (Å²) in [5.41, 5.74) is -0.387. The van der Waals surface area contributed by atoms with Gasteiger partial charge in [0.15, 0.2) is 11.5 Å². The molecule has 0 fully saturated rings. The van der Waals surface area contributed by atoms with E-state index >= 15 is 0 Å². The van der Waals surface area contributed by atoms with E-state index in [1.54, 1.807) is 30.3 Å². The van der Waals surface area contributed by atoms with Gasteiger partial charge < -0.3 is 26.0 Å². The molecule has 0 bridgehead atoms. The largest absolute Gasteiger partial charge is 0.505 e. The van der Waals surface area contributed by atoms with Gasteiger partial charge in [-0.25, -0.2) is 9.59 Å². The summed E-state index contributed by atoms with van der Waals surface area (Å²) in [6.07, 6.45) is 0. The number of phenols is 2. The molecular weight excluding hydrogens is 802 g/mol. The van der Waals surface area contributed by atoms with Gasteiger partial charge >= 0.3 is 12.0 Å². The van der Waals surface area contributed by atoms with Crippen molar-refractivity contribution in [3.05, 3.63) is 109 Å². The Morgan fingerprint density at radius 3 is 1.34 bits per heavy atom. The number of carboxylic acids is 1. The second-order valence-corrected chi connectivity index (χ2v) is 13.9. The van der Waals surface area contributed by atoms with E-state index in [0.29, 0.717) is 5.69 Å². The molecule has 0 aliphatic carbocycles. The number of urea groups is 1. The van der Waals surface area contributed by atoms with Crippen LogP contribution in [0.5, 0.6) is 11.5 Å². The molecule has 17 nitrogen and oxygen atoms in total. The Balaban J connectivity index is 0.00000280. The van der Waals surface area contributed by atoms with Crippen LogP contribution < -0.4 is 10.6 Å². The number of rotatable bonds is 9. The van der Waals surface area contributed by atoms with Crippen molar-refractivity contribution in [1.82, 2.24) is 0 Å². The van der Waals surface area contributed by atoms with Gasteiger partial charge in [-0.15, -0.1) is 10.2 Å². The van der Waals surface area contributed by atoms with Crippen molar-refractivity contribution >= 4 is 177 Å². The smallest absolute Gasteiger partial charge is 0.335 e. The van der Waals surface area contributed by atoms with Crippen LogP contribution in [0.15, 0.2) is 133 Å². The minimum absolute atomic E-state index is 0. The van der Waals surface area contributed by atoms with Crippen LogP contribution in [-0.2, 0) is 20.2 Å². The van der Waals surface area contributed by atoms with Crippen molar-refractivity contribution in [2.75, 3.05) is 10.6 Å². The van der Waals surface area contributed by atoms with Crippen molar-refractivity contribution in [3.63, 3.8) is 0 Å². The van der Waals surface area contributed by atoms with Crippen LogP contribution in [0.4, 0.5) is 38.9 Å². The first kappa shape index (κ1) is 46.6. The number of hydrogen-bond acceptors (Lipinski definition) is 12. The van der Waals surface area contributed by atoms with E-state index in [9.17, 15) is 45.7 Å². The molecule has 6 rings (SSSR count). The predicted molar refractivity (Wildman–Crippen MR) is 209 cm³/mol. The Morgan fingerprint density at radius 1 is 0.536 bits per heavy atom. The number of anilines is 2. The quantitative estimate of drug-likeness (QED) is 0.0446. The van der Waals surface area contributed by atoms with E-state index in [0.717, 1.165) is 12.1 Å². The molecule has 2 amide bonds. The monoisotopic (exact) mass is 825 g/mol. The number of nitrogens with one attached hydrogen (secondary N) is 2. The van der Waals surface area contributed by atoms with E-state index in [1.807, 2.05) is 0 Å². The number of nitrogens with zero attached hydrogens (tertiary/aromatic N) is 4. The number of carbonyl (C=O) groups is 2. The number of carboxylic acid groups (broad SMARTS) is 1. The maximum atomic E-state index is 13.0. The SMILES string of the molecule is O=C(Nc1ccc2c(O)c(N=Nc3ccccc3)c(S(=O)(=O)O)cc2c1)Nc1ccc2c(O)c(N=Nc3ccc(C(=O)O)cc3)c(S(=O)(=O)O)cc2c1.[Na].[Na].[Na]. The van der Waals surface area contributed by atoms with Crippen molar-refractivity contribution < 1.29 is 50.8 Å². The van der Waals surface area contributed by atoms with Crippen LogP contribution in [0.25, 0.3) is 21.5 Å². The number of aromatic hydroxyl groups is 2. The van der Waals surface area contributed by atoms with E-state index in [-0.39, 0.29) is 133 Å². The number of hydrogen-bond donors (Lipinski definition) is 7. The van der Waals surface area contributed by atoms with Gasteiger partial charge in [0, 0.05) is 111 Å². The van der Waals surface area contributed by atoms with Gasteiger partial charge in [-0.2, -0.15) is 27.1 Å². The third-order valence-electron chi connectivity index (χ3n) is 7.57. The number of azo groups is 2. The number of carbonyl (C=O) groups excluding carboxylic acids is 1.